The van der Waals surface area contributed by atoms with Crippen LogP contribution in [0.15, 0.2) is 85.1 Å². The van der Waals surface area contributed by atoms with E-state index in [9.17, 15) is 5.26 Å². The Kier molecular flexibility index (Phi) is 11.6. The molecule has 1 aromatic heterocycles. The molecule has 0 bridgehead atoms. The van der Waals surface area contributed by atoms with E-state index < -0.39 is 0 Å². The zero-order valence-electron chi connectivity index (χ0n) is 33.5. The van der Waals surface area contributed by atoms with E-state index in [2.05, 4.69) is 111 Å². The molecule has 4 saturated heterocycles. The van der Waals surface area contributed by atoms with Crippen LogP contribution in [-0.2, 0) is 13.1 Å². The van der Waals surface area contributed by atoms with Crippen LogP contribution in [0, 0.1) is 18.3 Å². The molecule has 0 spiro atoms. The van der Waals surface area contributed by atoms with Gasteiger partial charge in [-0.25, -0.2) is 0 Å². The van der Waals surface area contributed by atoms with Gasteiger partial charge in [0.25, 0.3) is 0 Å². The number of likely N-dealkylation sites (tertiary alicyclic amines) is 4. The molecule has 8 heteroatoms. The predicted molar refractivity (Wildman–Crippen MR) is 235 cm³/mol. The molecule has 4 fully saturated rings. The summed E-state index contributed by atoms with van der Waals surface area (Å²) in [5.74, 6) is 0. The minimum Gasteiger partial charge on any atom is -0.352 e. The number of halogens is 1. The summed E-state index contributed by atoms with van der Waals surface area (Å²) in [6.45, 7) is 14.0. The zero-order valence-corrected chi connectivity index (χ0v) is 34.3. The number of aryl methyl sites for hydroxylation is 1. The maximum Gasteiger partial charge on any atom is 0.103 e. The van der Waals surface area contributed by atoms with Crippen LogP contribution in [0.4, 0.5) is 11.4 Å². The molecule has 9 rings (SSSR count). The van der Waals surface area contributed by atoms with Gasteiger partial charge in [0.1, 0.15) is 6.07 Å². The van der Waals surface area contributed by atoms with Crippen LogP contribution >= 0.6 is 11.6 Å². The largest absolute Gasteiger partial charge is 0.352 e. The second kappa shape index (κ2) is 17.3. The monoisotopic (exact) mass is 777 g/mol. The Morgan fingerprint density at radius 3 is 1.65 bits per heavy atom. The Balaban J connectivity index is 0.853. The average Bonchev–Trinajstić information content (AvgIpc) is 4.00. The zero-order chi connectivity index (χ0) is 38.7. The highest BCUT2D eigenvalue weighted by Gasteiger charge is 2.28. The lowest BCUT2D eigenvalue weighted by atomic mass is 9.99. The molecule has 0 saturated carbocycles. The number of benzene rings is 4. The summed E-state index contributed by atoms with van der Waals surface area (Å²) in [6, 6.07) is 32.4. The molecule has 0 unspecified atom stereocenters. The highest BCUT2D eigenvalue weighted by Crippen LogP contribution is 2.38. The van der Waals surface area contributed by atoms with Gasteiger partial charge in [0.2, 0.25) is 0 Å². The number of nitriles is 1. The molecule has 5 heterocycles. The van der Waals surface area contributed by atoms with Crippen LogP contribution in [0.25, 0.3) is 33.2 Å². The number of pyridine rings is 1. The van der Waals surface area contributed by atoms with Crippen molar-refractivity contribution in [2.24, 2.45) is 0 Å². The SMILES string of the molecule is Cc1cc(-c2ccc(CN3CCC(N4CCCC4)CC3)cc2)cc(Cl)c1Nc1c(C#N)cnc2cc(-c3ccc(CN4CCC(N5CCCC5)CC4)cc3)ccc12. The fourth-order valence-electron chi connectivity index (χ4n) is 10.0. The fourth-order valence-corrected chi connectivity index (χ4v) is 10.3. The number of nitrogens with one attached hydrogen (secondary N) is 1. The Bertz CT molecular complexity index is 2180. The van der Waals surface area contributed by atoms with Gasteiger partial charge in [0, 0.05) is 36.8 Å². The predicted octanol–water partition coefficient (Wildman–Crippen LogP) is 10.3. The molecule has 0 aliphatic carbocycles. The molecule has 57 heavy (non-hydrogen) atoms. The molecule has 294 valence electrons. The highest BCUT2D eigenvalue weighted by atomic mass is 35.5. The summed E-state index contributed by atoms with van der Waals surface area (Å²) in [7, 11) is 0. The van der Waals surface area contributed by atoms with E-state index in [-0.39, 0.29) is 0 Å². The lowest BCUT2D eigenvalue weighted by Gasteiger charge is -2.36. The lowest BCUT2D eigenvalue weighted by molar-refractivity contribution is 0.122. The topological polar surface area (TPSA) is 61.7 Å². The molecule has 0 amide bonds. The molecule has 0 radical (unpaired) electrons. The quantitative estimate of drug-likeness (QED) is 0.152. The highest BCUT2D eigenvalue weighted by molar-refractivity contribution is 6.34. The van der Waals surface area contributed by atoms with Crippen molar-refractivity contribution in [3.8, 4) is 28.3 Å². The smallest absolute Gasteiger partial charge is 0.103 e. The first-order chi connectivity index (χ1) is 28.0. The van der Waals surface area contributed by atoms with E-state index >= 15 is 0 Å². The first-order valence-electron chi connectivity index (χ1n) is 21.5. The molecular weight excluding hydrogens is 722 g/mol. The molecule has 1 N–H and O–H groups in total. The van der Waals surface area contributed by atoms with Crippen molar-refractivity contribution in [2.75, 3.05) is 57.7 Å². The number of fused-ring (bicyclic) bond motifs is 1. The Morgan fingerprint density at radius 2 is 1.14 bits per heavy atom. The summed E-state index contributed by atoms with van der Waals surface area (Å²) in [4.78, 5) is 15.4. The van der Waals surface area contributed by atoms with E-state index in [0.717, 1.165) is 75.3 Å². The minimum absolute atomic E-state index is 0.486. The van der Waals surface area contributed by atoms with Crippen molar-refractivity contribution in [3.05, 3.63) is 112 Å². The third-order valence-corrected chi connectivity index (χ3v) is 13.6. The fraction of sp³-hybridized carbons (Fsp3) is 0.429. The van der Waals surface area contributed by atoms with Gasteiger partial charge in [0.05, 0.1) is 27.5 Å². The maximum atomic E-state index is 10.1. The van der Waals surface area contributed by atoms with Crippen molar-refractivity contribution in [1.82, 2.24) is 24.6 Å². The van der Waals surface area contributed by atoms with Gasteiger partial charge in [0.15, 0.2) is 0 Å². The summed E-state index contributed by atoms with van der Waals surface area (Å²) in [6.07, 6.45) is 12.3. The number of piperidine rings is 2. The number of anilines is 2. The molecule has 7 nitrogen and oxygen atoms in total. The second-order valence-electron chi connectivity index (χ2n) is 17.1. The summed E-state index contributed by atoms with van der Waals surface area (Å²) in [5.41, 5.74) is 11.1. The van der Waals surface area contributed by atoms with E-state index in [4.69, 9.17) is 16.6 Å². The van der Waals surface area contributed by atoms with Crippen molar-refractivity contribution in [2.45, 2.75) is 83.5 Å². The average molecular weight is 778 g/mol. The van der Waals surface area contributed by atoms with Crippen LogP contribution in [0.2, 0.25) is 5.02 Å². The van der Waals surface area contributed by atoms with Crippen molar-refractivity contribution < 1.29 is 0 Å². The second-order valence-corrected chi connectivity index (χ2v) is 17.5. The van der Waals surface area contributed by atoms with Gasteiger partial charge >= 0.3 is 0 Å². The van der Waals surface area contributed by atoms with Gasteiger partial charge in [-0.15, -0.1) is 0 Å². The molecule has 4 aliphatic rings. The van der Waals surface area contributed by atoms with Crippen LogP contribution in [0.1, 0.15) is 73.6 Å². The number of rotatable bonds is 10. The van der Waals surface area contributed by atoms with Gasteiger partial charge in [-0.3, -0.25) is 14.8 Å². The summed E-state index contributed by atoms with van der Waals surface area (Å²) in [5, 5.41) is 15.2. The summed E-state index contributed by atoms with van der Waals surface area (Å²) < 4.78 is 0. The van der Waals surface area contributed by atoms with Gasteiger partial charge < -0.3 is 15.1 Å². The van der Waals surface area contributed by atoms with Crippen LogP contribution in [0.3, 0.4) is 0 Å². The molecule has 4 aromatic carbocycles. The van der Waals surface area contributed by atoms with E-state index in [1.54, 1.807) is 6.20 Å². The first-order valence-corrected chi connectivity index (χ1v) is 21.9. The standard InChI is InChI=1S/C49H56ClN7/c1-35-28-41(39-12-8-37(9-13-39)34-55-26-18-44(19-27-55)57-22-4-5-23-57)29-46(50)48(35)53-49-42(31-51)32-52-47-30-40(14-15-45(47)49)38-10-6-36(7-11-38)33-54-24-16-43(17-25-54)56-20-2-3-21-56/h6-15,28-30,32,43-44H,2-5,16-27,33-34H2,1H3,(H,52,53). The number of hydrogen-bond donors (Lipinski definition) is 1. The minimum atomic E-state index is 0.486. The lowest BCUT2D eigenvalue weighted by Crippen LogP contribution is -2.43. The number of nitrogens with zero attached hydrogens (tertiary/aromatic N) is 6. The molecular formula is C49H56ClN7. The number of hydrogen-bond acceptors (Lipinski definition) is 7. The Labute approximate surface area is 344 Å². The Morgan fingerprint density at radius 1 is 0.632 bits per heavy atom. The normalized spacial score (nSPS) is 19.4. The number of aromatic nitrogens is 1. The Hall–Kier alpha value is -4.29. The van der Waals surface area contributed by atoms with E-state index in [0.29, 0.717) is 10.6 Å². The first kappa shape index (κ1) is 38.2. The molecule has 4 aliphatic heterocycles. The van der Waals surface area contributed by atoms with Gasteiger partial charge in [-0.1, -0.05) is 72.3 Å². The van der Waals surface area contributed by atoms with Crippen LogP contribution in [-0.4, -0.2) is 89.0 Å². The van der Waals surface area contributed by atoms with Gasteiger partial charge in [-0.2, -0.15) is 5.26 Å². The summed E-state index contributed by atoms with van der Waals surface area (Å²) >= 11 is 7.04. The molecule has 5 aromatic rings. The van der Waals surface area contributed by atoms with Crippen LogP contribution in [0.5, 0.6) is 0 Å². The van der Waals surface area contributed by atoms with Crippen LogP contribution < -0.4 is 5.32 Å². The van der Waals surface area contributed by atoms with E-state index in [1.807, 2.05) is 6.07 Å². The third-order valence-electron chi connectivity index (χ3n) is 13.3. The third kappa shape index (κ3) is 8.63. The maximum absolute atomic E-state index is 10.1. The van der Waals surface area contributed by atoms with E-state index in [1.165, 1.54) is 115 Å². The van der Waals surface area contributed by atoms with Crippen molar-refractivity contribution in [1.29, 1.82) is 5.26 Å². The molecule has 0 atom stereocenters. The van der Waals surface area contributed by atoms with Crippen molar-refractivity contribution in [3.63, 3.8) is 0 Å². The van der Waals surface area contributed by atoms with Gasteiger partial charge in [-0.05, 0) is 168 Å². The van der Waals surface area contributed by atoms with Crippen molar-refractivity contribution >= 4 is 33.9 Å².